The molecule has 0 saturated heterocycles. The van der Waals surface area contributed by atoms with E-state index in [1.54, 1.807) is 18.4 Å². The first-order valence-corrected chi connectivity index (χ1v) is 8.64. The summed E-state index contributed by atoms with van der Waals surface area (Å²) in [5.74, 6) is 1.30. The summed E-state index contributed by atoms with van der Waals surface area (Å²) in [5.41, 5.74) is 1.07. The van der Waals surface area contributed by atoms with Crippen LogP contribution >= 0.6 is 0 Å². The molecule has 3 rings (SSSR count). The fourth-order valence-electron chi connectivity index (χ4n) is 2.59. The predicted octanol–water partition coefficient (Wildman–Crippen LogP) is 2.86. The molecule has 0 bridgehead atoms. The largest absolute Gasteiger partial charge is 0.459 e. The second-order valence-electron chi connectivity index (χ2n) is 5.95. The van der Waals surface area contributed by atoms with Gasteiger partial charge in [-0.05, 0) is 30.7 Å². The number of nitrogens with zero attached hydrogens (tertiary/aromatic N) is 3. The lowest BCUT2D eigenvalue weighted by molar-refractivity contribution is -0.122. The topological polar surface area (TPSA) is 84.4 Å². The average molecular weight is 354 g/mol. The highest BCUT2D eigenvalue weighted by Crippen LogP contribution is 2.18. The number of aromatic nitrogens is 2. The molecule has 0 atom stereocenters. The van der Waals surface area contributed by atoms with Crippen molar-refractivity contribution in [2.45, 2.75) is 26.4 Å². The normalized spacial score (nSPS) is 11.0. The van der Waals surface area contributed by atoms with Crippen molar-refractivity contribution in [2.24, 2.45) is 0 Å². The van der Waals surface area contributed by atoms with Gasteiger partial charge >= 0.3 is 0 Å². The molecule has 0 aliphatic rings. The molecule has 3 aromatic rings. The van der Waals surface area contributed by atoms with Gasteiger partial charge in [0.25, 0.3) is 5.89 Å². The molecule has 0 spiro atoms. The lowest BCUT2D eigenvalue weighted by atomic mass is 10.2. The highest BCUT2D eigenvalue weighted by atomic mass is 16.4. The highest BCUT2D eigenvalue weighted by Gasteiger charge is 2.16. The number of nitrogens with one attached hydrogen (secondary N) is 1. The zero-order valence-corrected chi connectivity index (χ0v) is 14.7. The van der Waals surface area contributed by atoms with Crippen LogP contribution in [0.3, 0.4) is 0 Å². The molecule has 1 aromatic carbocycles. The van der Waals surface area contributed by atoms with Gasteiger partial charge in [-0.25, -0.2) is 0 Å². The van der Waals surface area contributed by atoms with Crippen molar-refractivity contribution < 1.29 is 13.6 Å². The Morgan fingerprint density at radius 3 is 2.73 bits per heavy atom. The Balaban J connectivity index is 1.54. The van der Waals surface area contributed by atoms with Crippen LogP contribution in [0.2, 0.25) is 0 Å². The molecule has 26 heavy (non-hydrogen) atoms. The maximum absolute atomic E-state index is 12.2. The summed E-state index contributed by atoms with van der Waals surface area (Å²) < 4.78 is 10.9. The molecular formula is C19H22N4O3. The summed E-state index contributed by atoms with van der Waals surface area (Å²) in [6.45, 7) is 4.04. The van der Waals surface area contributed by atoms with E-state index in [2.05, 4.69) is 22.4 Å². The van der Waals surface area contributed by atoms with E-state index in [-0.39, 0.29) is 12.5 Å². The van der Waals surface area contributed by atoms with E-state index < -0.39 is 0 Å². The SMILES string of the molecule is CCCN(CC(=O)NCc1ccccc1)Cc1nnc(-c2ccco2)o1. The monoisotopic (exact) mass is 354 g/mol. The Bertz CT molecular complexity index is 799. The van der Waals surface area contributed by atoms with Crippen LogP contribution in [0, 0.1) is 0 Å². The maximum Gasteiger partial charge on any atom is 0.283 e. The van der Waals surface area contributed by atoms with Gasteiger partial charge in [-0.3, -0.25) is 9.69 Å². The Morgan fingerprint density at radius 1 is 1.15 bits per heavy atom. The van der Waals surface area contributed by atoms with E-state index in [1.165, 1.54) is 0 Å². The van der Waals surface area contributed by atoms with Crippen LogP contribution in [0.15, 0.2) is 57.6 Å². The average Bonchev–Trinajstić information content (AvgIpc) is 3.32. The molecule has 1 N–H and O–H groups in total. The molecule has 1 amide bonds. The quantitative estimate of drug-likeness (QED) is 0.636. The first kappa shape index (κ1) is 17.9. The second kappa shape index (κ2) is 8.96. The molecule has 0 aliphatic heterocycles. The van der Waals surface area contributed by atoms with Crippen LogP contribution < -0.4 is 5.32 Å². The van der Waals surface area contributed by atoms with E-state index in [1.807, 2.05) is 35.2 Å². The van der Waals surface area contributed by atoms with Crippen LogP contribution in [-0.2, 0) is 17.9 Å². The third kappa shape index (κ3) is 5.03. The molecule has 2 heterocycles. The number of rotatable bonds is 9. The van der Waals surface area contributed by atoms with Crippen LogP contribution in [0.4, 0.5) is 0 Å². The Morgan fingerprint density at radius 2 is 2.00 bits per heavy atom. The van der Waals surface area contributed by atoms with Crippen molar-refractivity contribution in [3.05, 3.63) is 60.2 Å². The summed E-state index contributed by atoms with van der Waals surface area (Å²) in [7, 11) is 0. The van der Waals surface area contributed by atoms with Gasteiger partial charge in [-0.1, -0.05) is 37.3 Å². The molecule has 7 heteroatoms. The van der Waals surface area contributed by atoms with Crippen LogP contribution in [-0.4, -0.2) is 34.1 Å². The number of hydrogen-bond acceptors (Lipinski definition) is 6. The lowest BCUT2D eigenvalue weighted by Crippen LogP contribution is -2.37. The van der Waals surface area contributed by atoms with E-state index >= 15 is 0 Å². The minimum Gasteiger partial charge on any atom is -0.459 e. The van der Waals surface area contributed by atoms with E-state index in [0.717, 1.165) is 18.5 Å². The molecule has 0 unspecified atom stereocenters. The smallest absolute Gasteiger partial charge is 0.283 e. The van der Waals surface area contributed by atoms with Crippen molar-refractivity contribution in [2.75, 3.05) is 13.1 Å². The third-order valence-electron chi connectivity index (χ3n) is 3.80. The van der Waals surface area contributed by atoms with Gasteiger partial charge in [0.2, 0.25) is 11.8 Å². The first-order chi connectivity index (χ1) is 12.7. The van der Waals surface area contributed by atoms with Crippen LogP contribution in [0.5, 0.6) is 0 Å². The molecule has 0 saturated carbocycles. The van der Waals surface area contributed by atoms with Gasteiger partial charge in [0.05, 0.1) is 19.4 Å². The fourth-order valence-corrected chi connectivity index (χ4v) is 2.59. The van der Waals surface area contributed by atoms with Crippen molar-refractivity contribution in [3.63, 3.8) is 0 Å². The third-order valence-corrected chi connectivity index (χ3v) is 3.80. The number of furan rings is 1. The fraction of sp³-hybridized carbons (Fsp3) is 0.316. The molecule has 2 aromatic heterocycles. The minimum atomic E-state index is -0.0342. The highest BCUT2D eigenvalue weighted by molar-refractivity contribution is 5.78. The van der Waals surface area contributed by atoms with Crippen molar-refractivity contribution in [1.29, 1.82) is 0 Å². The van der Waals surface area contributed by atoms with E-state index in [4.69, 9.17) is 8.83 Å². The maximum atomic E-state index is 12.2. The van der Waals surface area contributed by atoms with Gasteiger partial charge < -0.3 is 14.2 Å². The van der Waals surface area contributed by atoms with E-state index in [9.17, 15) is 4.79 Å². The van der Waals surface area contributed by atoms with Gasteiger partial charge in [-0.15, -0.1) is 10.2 Å². The summed E-state index contributed by atoms with van der Waals surface area (Å²) in [4.78, 5) is 14.2. The zero-order valence-electron chi connectivity index (χ0n) is 14.7. The van der Waals surface area contributed by atoms with Crippen molar-refractivity contribution in [3.8, 4) is 11.7 Å². The summed E-state index contributed by atoms with van der Waals surface area (Å²) in [6.07, 6.45) is 2.48. The Hall–Kier alpha value is -2.93. The number of amides is 1. The van der Waals surface area contributed by atoms with Crippen LogP contribution in [0.1, 0.15) is 24.8 Å². The minimum absolute atomic E-state index is 0.0342. The Labute approximate surface area is 152 Å². The van der Waals surface area contributed by atoms with Gasteiger partial charge in [0, 0.05) is 6.54 Å². The van der Waals surface area contributed by atoms with Gasteiger partial charge in [0.15, 0.2) is 5.76 Å². The molecule has 0 fully saturated rings. The molecule has 7 nitrogen and oxygen atoms in total. The van der Waals surface area contributed by atoms with Gasteiger partial charge in [-0.2, -0.15) is 0 Å². The van der Waals surface area contributed by atoms with Crippen molar-refractivity contribution >= 4 is 5.91 Å². The molecule has 0 aliphatic carbocycles. The van der Waals surface area contributed by atoms with Crippen LogP contribution in [0.25, 0.3) is 11.7 Å². The van der Waals surface area contributed by atoms with Gasteiger partial charge in [0.1, 0.15) is 0 Å². The molecule has 0 radical (unpaired) electrons. The molecular weight excluding hydrogens is 332 g/mol. The number of carbonyl (C=O) groups excluding carboxylic acids is 1. The summed E-state index contributed by atoms with van der Waals surface area (Å²) in [5, 5.41) is 11.0. The first-order valence-electron chi connectivity index (χ1n) is 8.64. The lowest BCUT2D eigenvalue weighted by Gasteiger charge is -2.19. The Kier molecular flexibility index (Phi) is 6.16. The number of hydrogen-bond donors (Lipinski definition) is 1. The predicted molar refractivity (Wildman–Crippen MR) is 95.9 cm³/mol. The standard InChI is InChI=1S/C19H22N4O3/c1-2-10-23(13-17(24)20-12-15-7-4-3-5-8-15)14-18-21-22-19(26-18)16-9-6-11-25-16/h3-9,11H,2,10,12-14H2,1H3,(H,20,24). The van der Waals surface area contributed by atoms with E-state index in [0.29, 0.717) is 30.6 Å². The zero-order chi connectivity index (χ0) is 18.2. The second-order valence-corrected chi connectivity index (χ2v) is 5.95. The number of benzene rings is 1. The number of carbonyl (C=O) groups is 1. The summed E-state index contributed by atoms with van der Waals surface area (Å²) >= 11 is 0. The summed E-state index contributed by atoms with van der Waals surface area (Å²) in [6, 6.07) is 13.4. The molecule has 136 valence electrons. The van der Waals surface area contributed by atoms with Crippen molar-refractivity contribution in [1.82, 2.24) is 20.4 Å².